The number of pyridine rings is 1. The monoisotopic (exact) mass is 611 g/mol. The highest BCUT2D eigenvalue weighted by molar-refractivity contribution is 6.00. The molecule has 4 N–H and O–H groups in total. The first-order chi connectivity index (χ1) is 21.7. The molecule has 1 aromatic carbocycles. The quantitative estimate of drug-likeness (QED) is 0.255. The molecule has 2 aromatic heterocycles. The third kappa shape index (κ3) is 7.20. The van der Waals surface area contributed by atoms with Crippen LogP contribution in [-0.4, -0.2) is 79.6 Å². The van der Waals surface area contributed by atoms with Crippen LogP contribution >= 0.6 is 0 Å². The van der Waals surface area contributed by atoms with Gasteiger partial charge in [-0.3, -0.25) is 14.4 Å². The molecular formula is C32H37N9O4. The summed E-state index contributed by atoms with van der Waals surface area (Å²) in [6.45, 7) is 0.812. The molecule has 5 rings (SSSR count). The molecule has 0 radical (unpaired) electrons. The van der Waals surface area contributed by atoms with Crippen LogP contribution in [0.2, 0.25) is 0 Å². The summed E-state index contributed by atoms with van der Waals surface area (Å²) in [5.41, 5.74) is 4.09. The summed E-state index contributed by atoms with van der Waals surface area (Å²) >= 11 is 0. The van der Waals surface area contributed by atoms with Crippen LogP contribution in [0, 0.1) is 5.92 Å². The van der Waals surface area contributed by atoms with Gasteiger partial charge in [-0.25, -0.2) is 4.98 Å². The van der Waals surface area contributed by atoms with Crippen LogP contribution in [0.1, 0.15) is 34.5 Å². The number of rotatable bonds is 11. The second kappa shape index (κ2) is 13.5. The van der Waals surface area contributed by atoms with Crippen molar-refractivity contribution in [2.75, 3.05) is 57.4 Å². The van der Waals surface area contributed by atoms with E-state index in [1.54, 1.807) is 37.4 Å². The Morgan fingerprint density at radius 3 is 2.47 bits per heavy atom. The highest BCUT2D eigenvalue weighted by Gasteiger charge is 2.30. The number of para-hydroxylation sites is 1. The van der Waals surface area contributed by atoms with Gasteiger partial charge in [-0.1, -0.05) is 24.3 Å². The number of nitrogens with zero attached hydrogens (tertiary/aromatic N) is 5. The summed E-state index contributed by atoms with van der Waals surface area (Å²) in [5.74, 6) is 0.914. The minimum Gasteiger partial charge on any atom is -0.494 e. The van der Waals surface area contributed by atoms with Crippen LogP contribution in [-0.2, 0) is 16.1 Å². The van der Waals surface area contributed by atoms with Crippen LogP contribution in [0.4, 0.5) is 23.0 Å². The molecule has 0 spiro atoms. The largest absolute Gasteiger partial charge is 0.494 e. The molecule has 3 aromatic rings. The molecule has 13 heteroatoms. The van der Waals surface area contributed by atoms with E-state index >= 15 is 0 Å². The minimum atomic E-state index is -0.437. The molecule has 1 aliphatic heterocycles. The van der Waals surface area contributed by atoms with Gasteiger partial charge in [0, 0.05) is 65.0 Å². The topological polar surface area (TPSA) is 154 Å². The van der Waals surface area contributed by atoms with Gasteiger partial charge < -0.3 is 35.8 Å². The fourth-order valence-electron chi connectivity index (χ4n) is 4.81. The molecule has 3 heterocycles. The van der Waals surface area contributed by atoms with E-state index in [1.807, 2.05) is 55.4 Å². The molecule has 13 nitrogen and oxygen atoms in total. The Bertz CT molecular complexity index is 1660. The first-order valence-corrected chi connectivity index (χ1v) is 14.6. The maximum Gasteiger partial charge on any atom is 0.273 e. The number of nitrogens with one attached hydrogen (secondary N) is 4. The van der Waals surface area contributed by atoms with E-state index in [1.165, 1.54) is 7.05 Å². The highest BCUT2D eigenvalue weighted by Crippen LogP contribution is 2.37. The van der Waals surface area contributed by atoms with Crippen molar-refractivity contribution >= 4 is 46.3 Å². The molecule has 0 unspecified atom stereocenters. The molecule has 3 amide bonds. The van der Waals surface area contributed by atoms with Gasteiger partial charge in [0.2, 0.25) is 5.91 Å². The van der Waals surface area contributed by atoms with E-state index in [2.05, 4.69) is 36.4 Å². The number of carbonyl (C=O) groups is 3. The van der Waals surface area contributed by atoms with Crippen molar-refractivity contribution < 1.29 is 19.1 Å². The van der Waals surface area contributed by atoms with Crippen molar-refractivity contribution in [2.24, 2.45) is 5.92 Å². The standard InChI is InChI=1S/C32H37N9O4/c1-33-31(43)28-25(15-26(38-39-28)37-30(42)20-10-11-20)36-23-8-6-7-22(29(23)45-5)21-12-13-24(34-17-21)32(44)41(4)18-19-9-14-27(35-16-19)40(2)3/h6-9,12-16,20,34H,10-11,17-18H2,1-5H3,(H,33,43)(H2,36,37,38,42). The molecule has 0 atom stereocenters. The maximum atomic E-state index is 13.2. The number of methoxy groups -OCH3 is 1. The number of anilines is 4. The van der Waals surface area contributed by atoms with Crippen molar-refractivity contribution in [1.29, 1.82) is 0 Å². The molecule has 45 heavy (non-hydrogen) atoms. The molecule has 0 bridgehead atoms. The second-order valence-corrected chi connectivity index (χ2v) is 11.1. The van der Waals surface area contributed by atoms with Crippen molar-refractivity contribution in [3.63, 3.8) is 0 Å². The van der Waals surface area contributed by atoms with Crippen LogP contribution in [0.25, 0.3) is 5.57 Å². The van der Waals surface area contributed by atoms with E-state index < -0.39 is 5.91 Å². The predicted molar refractivity (Wildman–Crippen MR) is 172 cm³/mol. The lowest BCUT2D eigenvalue weighted by Gasteiger charge is -2.24. The lowest BCUT2D eigenvalue weighted by atomic mass is 10.0. The molecular weight excluding hydrogens is 574 g/mol. The number of aromatic nitrogens is 3. The Labute approximate surface area is 261 Å². The summed E-state index contributed by atoms with van der Waals surface area (Å²) in [6, 6.07) is 11.1. The Morgan fingerprint density at radius 1 is 1.04 bits per heavy atom. The van der Waals surface area contributed by atoms with E-state index in [0.29, 0.717) is 35.9 Å². The zero-order valence-corrected chi connectivity index (χ0v) is 26.0. The number of allylic oxidation sites excluding steroid dienone is 2. The van der Waals surface area contributed by atoms with E-state index in [4.69, 9.17) is 4.74 Å². The van der Waals surface area contributed by atoms with Crippen molar-refractivity contribution in [1.82, 2.24) is 30.7 Å². The number of benzene rings is 1. The average Bonchev–Trinajstić information content (AvgIpc) is 3.90. The zero-order valence-electron chi connectivity index (χ0n) is 26.0. The van der Waals surface area contributed by atoms with E-state index in [-0.39, 0.29) is 29.2 Å². The fourth-order valence-corrected chi connectivity index (χ4v) is 4.81. The van der Waals surface area contributed by atoms with E-state index in [0.717, 1.165) is 35.4 Å². The third-order valence-electron chi connectivity index (χ3n) is 7.45. The number of dihydropyridines is 1. The van der Waals surface area contributed by atoms with Gasteiger partial charge in [0.15, 0.2) is 11.5 Å². The number of hydrogen-bond donors (Lipinski definition) is 4. The van der Waals surface area contributed by atoms with Gasteiger partial charge >= 0.3 is 0 Å². The van der Waals surface area contributed by atoms with Crippen molar-refractivity contribution in [2.45, 2.75) is 19.4 Å². The summed E-state index contributed by atoms with van der Waals surface area (Å²) in [5, 5.41) is 19.9. The van der Waals surface area contributed by atoms with Gasteiger partial charge in [0.05, 0.1) is 18.5 Å². The number of hydrogen-bond acceptors (Lipinski definition) is 10. The zero-order chi connectivity index (χ0) is 32.1. The SMILES string of the molecule is CNC(=O)c1nnc(NC(=O)C2CC2)cc1Nc1cccc(C2=CC=C(C(=O)N(C)Cc3ccc(N(C)C)nc3)NC2)c1OC. The summed E-state index contributed by atoms with van der Waals surface area (Å²) < 4.78 is 5.82. The second-order valence-electron chi connectivity index (χ2n) is 11.1. The molecule has 234 valence electrons. The van der Waals surface area contributed by atoms with Crippen LogP contribution in [0.3, 0.4) is 0 Å². The first kappa shape index (κ1) is 31.0. The van der Waals surface area contributed by atoms with Crippen LogP contribution < -0.4 is 30.9 Å². The smallest absolute Gasteiger partial charge is 0.273 e. The average molecular weight is 612 g/mol. The number of amides is 3. The lowest BCUT2D eigenvalue weighted by molar-refractivity contribution is -0.126. The number of ether oxygens (including phenoxy) is 1. The highest BCUT2D eigenvalue weighted by atomic mass is 16.5. The molecule has 1 fully saturated rings. The lowest BCUT2D eigenvalue weighted by Crippen LogP contribution is -2.35. The Balaban J connectivity index is 1.35. The molecule has 2 aliphatic rings. The van der Waals surface area contributed by atoms with Gasteiger partial charge in [0.25, 0.3) is 11.8 Å². The molecule has 0 saturated heterocycles. The Hall–Kier alpha value is -5.46. The predicted octanol–water partition coefficient (Wildman–Crippen LogP) is 2.93. The maximum absolute atomic E-state index is 13.2. The van der Waals surface area contributed by atoms with Crippen molar-refractivity contribution in [3.8, 4) is 5.75 Å². The third-order valence-corrected chi connectivity index (χ3v) is 7.45. The van der Waals surface area contributed by atoms with Crippen LogP contribution in [0.15, 0.2) is 60.4 Å². The summed E-state index contributed by atoms with van der Waals surface area (Å²) in [6.07, 6.45) is 7.12. The first-order valence-electron chi connectivity index (χ1n) is 14.6. The van der Waals surface area contributed by atoms with Crippen LogP contribution in [0.5, 0.6) is 5.75 Å². The molecule has 1 aliphatic carbocycles. The summed E-state index contributed by atoms with van der Waals surface area (Å²) in [4.78, 5) is 46.1. The molecule has 1 saturated carbocycles. The fraction of sp³-hybridized carbons (Fsp3) is 0.312. The van der Waals surface area contributed by atoms with E-state index in [9.17, 15) is 14.4 Å². The number of likely N-dealkylation sites (N-methyl/N-ethyl adjacent to an activating group) is 1. The minimum absolute atomic E-state index is 0.0148. The normalized spacial score (nSPS) is 13.9. The van der Waals surface area contributed by atoms with Crippen molar-refractivity contribution in [3.05, 3.63) is 77.3 Å². The number of carbonyl (C=O) groups excluding carboxylic acids is 3. The Morgan fingerprint density at radius 2 is 1.84 bits per heavy atom. The van der Waals surface area contributed by atoms with Gasteiger partial charge in [-0.15, -0.1) is 10.2 Å². The van der Waals surface area contributed by atoms with Gasteiger partial charge in [-0.2, -0.15) is 0 Å². The Kier molecular flexibility index (Phi) is 9.26. The van der Waals surface area contributed by atoms with Gasteiger partial charge in [-0.05, 0) is 42.2 Å². The summed E-state index contributed by atoms with van der Waals surface area (Å²) in [7, 11) is 8.68. The van der Waals surface area contributed by atoms with Gasteiger partial charge in [0.1, 0.15) is 17.3 Å².